The summed E-state index contributed by atoms with van der Waals surface area (Å²) in [6.07, 6.45) is 17.4. The monoisotopic (exact) mass is 556 g/mol. The Bertz CT molecular complexity index is 824. The van der Waals surface area contributed by atoms with Crippen molar-refractivity contribution in [2.45, 2.75) is 114 Å². The van der Waals surface area contributed by atoms with Gasteiger partial charge in [-0.3, -0.25) is 4.90 Å². The molecule has 0 aromatic heterocycles. The van der Waals surface area contributed by atoms with Crippen LogP contribution in [0.2, 0.25) is 0 Å². The molecule has 2 heterocycles. The lowest BCUT2D eigenvalue weighted by atomic mass is 10.1. The van der Waals surface area contributed by atoms with Crippen LogP contribution in [-0.4, -0.2) is 65.8 Å². The highest BCUT2D eigenvalue weighted by Crippen LogP contribution is 2.38. The zero-order chi connectivity index (χ0) is 28.5. The summed E-state index contributed by atoms with van der Waals surface area (Å²) in [5.41, 5.74) is 5.52. The van der Waals surface area contributed by atoms with Crippen LogP contribution in [0.5, 0.6) is 0 Å². The van der Waals surface area contributed by atoms with E-state index in [0.29, 0.717) is 11.4 Å². The lowest BCUT2D eigenvalue weighted by molar-refractivity contribution is -0.145. The van der Waals surface area contributed by atoms with Crippen LogP contribution in [0.4, 0.5) is 18.4 Å². The molecule has 0 aromatic rings. The van der Waals surface area contributed by atoms with Gasteiger partial charge in [0, 0.05) is 12.7 Å². The number of hydrogen-bond acceptors (Lipinski definition) is 6. The van der Waals surface area contributed by atoms with Crippen LogP contribution in [0.25, 0.3) is 0 Å². The maximum Gasteiger partial charge on any atom is 0.407 e. The van der Waals surface area contributed by atoms with Crippen molar-refractivity contribution in [2.24, 2.45) is 5.73 Å². The van der Waals surface area contributed by atoms with Crippen molar-refractivity contribution in [2.75, 3.05) is 13.2 Å². The predicted molar refractivity (Wildman–Crippen MR) is 146 cm³/mol. The molecule has 39 heavy (non-hydrogen) atoms. The standard InChI is InChI=1S/C28H46F2N4O5/c1-2-3-4-5-6-7-8-9-10-11-12-13-14-15-16-17-19-32-27(37)38-21-22-24(35)28(29,30)25(39-22)34-20-18-23(31)33-26(34)36/h6-7,9-10,18,20,22-25,35H,2-5,8,11-17,19,21,31H2,1H3,(H,32,37)(H,33,36)/b7-6-,10-9-/t22?,23?,24-,25-/m1/s1. The number of aliphatic hydroxyl groups excluding tert-OH is 1. The molecule has 2 unspecified atom stereocenters. The largest absolute Gasteiger partial charge is 0.447 e. The van der Waals surface area contributed by atoms with Crippen molar-refractivity contribution in [3.63, 3.8) is 0 Å². The van der Waals surface area contributed by atoms with Gasteiger partial charge in [0.1, 0.15) is 12.7 Å². The van der Waals surface area contributed by atoms with Crippen molar-refractivity contribution in [3.8, 4) is 0 Å². The Balaban J connectivity index is 1.49. The molecular weight excluding hydrogens is 510 g/mol. The Morgan fingerprint density at radius 2 is 1.77 bits per heavy atom. The van der Waals surface area contributed by atoms with Crippen LogP contribution >= 0.6 is 0 Å². The number of hydrogen-bond donors (Lipinski definition) is 4. The van der Waals surface area contributed by atoms with Gasteiger partial charge in [-0.25, -0.2) is 9.59 Å². The minimum Gasteiger partial charge on any atom is -0.447 e. The van der Waals surface area contributed by atoms with Gasteiger partial charge in [0.25, 0.3) is 0 Å². The second-order valence-corrected chi connectivity index (χ2v) is 9.98. The molecule has 4 atom stereocenters. The highest BCUT2D eigenvalue weighted by Gasteiger charge is 2.61. The Labute approximate surface area is 230 Å². The molecule has 0 spiro atoms. The average molecular weight is 557 g/mol. The summed E-state index contributed by atoms with van der Waals surface area (Å²) in [5.74, 6) is -3.77. The number of urea groups is 1. The SMILES string of the molecule is CCCCC/C=C\C/C=C\CCCCCCCCNC(=O)OCC1O[C@@H](N2C=CC(N)NC2=O)C(F)(F)[C@@H]1O. The van der Waals surface area contributed by atoms with E-state index < -0.39 is 49.3 Å². The quantitative estimate of drug-likeness (QED) is 0.138. The van der Waals surface area contributed by atoms with Gasteiger partial charge in [-0.05, 0) is 44.6 Å². The van der Waals surface area contributed by atoms with E-state index in [-0.39, 0.29) is 0 Å². The number of allylic oxidation sites excluding steroid dienone is 4. The second-order valence-electron chi connectivity index (χ2n) is 9.98. The molecule has 2 rings (SSSR count). The summed E-state index contributed by atoms with van der Waals surface area (Å²) in [5, 5.41) is 14.9. The number of alkyl carbamates (subject to hydrolysis) is 1. The number of carbonyl (C=O) groups excluding carboxylic acids is 2. The molecule has 1 fully saturated rings. The Hall–Kier alpha value is -2.50. The summed E-state index contributed by atoms with van der Waals surface area (Å²) >= 11 is 0. The number of rotatable bonds is 18. The first-order chi connectivity index (χ1) is 18.8. The third-order valence-electron chi connectivity index (χ3n) is 6.64. The zero-order valence-electron chi connectivity index (χ0n) is 23.0. The van der Waals surface area contributed by atoms with Gasteiger partial charge in [0.15, 0.2) is 6.10 Å². The molecule has 2 aliphatic rings. The molecule has 0 aliphatic carbocycles. The topological polar surface area (TPSA) is 126 Å². The van der Waals surface area contributed by atoms with Crippen LogP contribution in [0, 0.1) is 0 Å². The summed E-state index contributed by atoms with van der Waals surface area (Å²) in [6, 6.07) is -0.880. The first kappa shape index (κ1) is 32.7. The zero-order valence-corrected chi connectivity index (χ0v) is 23.0. The lowest BCUT2D eigenvalue weighted by Gasteiger charge is -2.32. The third-order valence-corrected chi connectivity index (χ3v) is 6.64. The van der Waals surface area contributed by atoms with E-state index in [1.165, 1.54) is 44.6 Å². The van der Waals surface area contributed by atoms with Gasteiger partial charge in [-0.2, -0.15) is 8.78 Å². The van der Waals surface area contributed by atoms with Crippen molar-refractivity contribution in [1.29, 1.82) is 0 Å². The molecule has 0 radical (unpaired) electrons. The van der Waals surface area contributed by atoms with Crippen molar-refractivity contribution in [3.05, 3.63) is 36.6 Å². The van der Waals surface area contributed by atoms with E-state index in [2.05, 4.69) is 41.9 Å². The molecule has 1 saturated heterocycles. The molecule has 2 aliphatic heterocycles. The fourth-order valence-electron chi connectivity index (χ4n) is 4.32. The first-order valence-corrected chi connectivity index (χ1v) is 14.2. The number of ether oxygens (including phenoxy) is 2. The first-order valence-electron chi connectivity index (χ1n) is 14.2. The molecule has 9 nitrogen and oxygen atoms in total. The number of carbonyl (C=O) groups is 2. The number of nitrogens with zero attached hydrogens (tertiary/aromatic N) is 1. The summed E-state index contributed by atoms with van der Waals surface area (Å²) in [6.45, 7) is 2.04. The van der Waals surface area contributed by atoms with Gasteiger partial charge < -0.3 is 30.9 Å². The van der Waals surface area contributed by atoms with Crippen molar-refractivity contribution >= 4 is 12.1 Å². The molecule has 0 bridgehead atoms. The molecule has 3 amide bonds. The Morgan fingerprint density at radius 3 is 2.44 bits per heavy atom. The summed E-state index contributed by atoms with van der Waals surface area (Å²) < 4.78 is 39.2. The van der Waals surface area contributed by atoms with Crippen LogP contribution in [-0.2, 0) is 9.47 Å². The molecule has 5 N–H and O–H groups in total. The van der Waals surface area contributed by atoms with E-state index in [9.17, 15) is 23.5 Å². The Kier molecular flexibility index (Phi) is 15.1. The van der Waals surface area contributed by atoms with Crippen LogP contribution in [0.15, 0.2) is 36.6 Å². The maximum absolute atomic E-state index is 14.5. The molecule has 222 valence electrons. The smallest absolute Gasteiger partial charge is 0.407 e. The van der Waals surface area contributed by atoms with Crippen LogP contribution in [0.3, 0.4) is 0 Å². The molecule has 0 aromatic carbocycles. The Morgan fingerprint density at radius 1 is 1.13 bits per heavy atom. The number of nitrogens with one attached hydrogen (secondary N) is 2. The molecular formula is C28H46F2N4O5. The minimum absolute atomic E-state index is 0.402. The lowest BCUT2D eigenvalue weighted by Crippen LogP contribution is -2.57. The number of nitrogens with two attached hydrogens (primary N) is 1. The highest BCUT2D eigenvalue weighted by molar-refractivity contribution is 5.77. The third kappa shape index (κ3) is 11.6. The van der Waals surface area contributed by atoms with Crippen molar-refractivity contribution < 1.29 is 33.0 Å². The van der Waals surface area contributed by atoms with E-state index >= 15 is 0 Å². The number of unbranched alkanes of at least 4 members (excludes halogenated alkanes) is 9. The van der Waals surface area contributed by atoms with Crippen molar-refractivity contribution in [1.82, 2.24) is 15.5 Å². The fourth-order valence-corrected chi connectivity index (χ4v) is 4.32. The number of aliphatic hydroxyl groups is 1. The number of alkyl halides is 2. The van der Waals surface area contributed by atoms with Crippen LogP contribution in [0.1, 0.15) is 84.0 Å². The summed E-state index contributed by atoms with van der Waals surface area (Å²) in [4.78, 5) is 24.5. The van der Waals surface area contributed by atoms with E-state index in [0.717, 1.165) is 44.7 Å². The highest BCUT2D eigenvalue weighted by atomic mass is 19.3. The summed E-state index contributed by atoms with van der Waals surface area (Å²) in [7, 11) is 0. The average Bonchev–Trinajstić information content (AvgIpc) is 3.12. The maximum atomic E-state index is 14.5. The van der Waals surface area contributed by atoms with E-state index in [1.54, 1.807) is 0 Å². The fraction of sp³-hybridized carbons (Fsp3) is 0.714. The van der Waals surface area contributed by atoms with Gasteiger partial charge in [0.2, 0.25) is 6.23 Å². The van der Waals surface area contributed by atoms with Gasteiger partial charge in [-0.1, -0.05) is 69.8 Å². The molecule has 11 heteroatoms. The van der Waals surface area contributed by atoms with Gasteiger partial charge >= 0.3 is 18.0 Å². The van der Waals surface area contributed by atoms with E-state index in [4.69, 9.17) is 15.2 Å². The minimum atomic E-state index is -3.77. The van der Waals surface area contributed by atoms with Gasteiger partial charge in [-0.15, -0.1) is 0 Å². The van der Waals surface area contributed by atoms with Gasteiger partial charge in [0.05, 0.1) is 6.17 Å². The number of halogens is 2. The number of amides is 3. The normalized spacial score (nSPS) is 24.5. The van der Waals surface area contributed by atoms with Crippen LogP contribution < -0.4 is 16.4 Å². The second kappa shape index (κ2) is 18.0. The van der Waals surface area contributed by atoms with E-state index in [1.807, 2.05) is 0 Å². The predicted octanol–water partition coefficient (Wildman–Crippen LogP) is 5.07. The molecule has 0 saturated carbocycles.